The second-order valence-corrected chi connectivity index (χ2v) is 14.6. The molecule has 0 saturated carbocycles. The maximum atomic E-state index is 13.0. The summed E-state index contributed by atoms with van der Waals surface area (Å²) in [5.74, 6) is -1.94. The van der Waals surface area contributed by atoms with Crippen LogP contribution in [-0.4, -0.2) is 31.7 Å². The number of imide groups is 2. The van der Waals surface area contributed by atoms with Crippen LogP contribution in [0.15, 0.2) is 18.2 Å². The van der Waals surface area contributed by atoms with Crippen LogP contribution in [0.1, 0.15) is 62.2 Å². The number of benzene rings is 2. The summed E-state index contributed by atoms with van der Waals surface area (Å²) >= 11 is 1.58. The van der Waals surface area contributed by atoms with E-state index in [4.69, 9.17) is 0 Å². The largest absolute Gasteiger partial charge is 0.288 e. The number of hydrogen-bond acceptors (Lipinski definition) is 5. The number of amides is 4. The average Bonchev–Trinajstić information content (AvgIpc) is 3.16. The molecule has 0 saturated heterocycles. The van der Waals surface area contributed by atoms with Gasteiger partial charge in [0.25, 0.3) is 23.6 Å². The number of carbonyl (C=O) groups excluding carboxylic acids is 4. The van der Waals surface area contributed by atoms with Gasteiger partial charge in [0.15, 0.2) is 0 Å². The number of thiophene rings is 1. The Morgan fingerprint density at radius 2 is 1.27 bits per heavy atom. The van der Waals surface area contributed by atoms with Gasteiger partial charge in [-0.25, -0.2) is 0 Å². The summed E-state index contributed by atoms with van der Waals surface area (Å²) < 4.78 is 1.98. The van der Waals surface area contributed by atoms with Crippen LogP contribution in [0.3, 0.4) is 0 Å². The van der Waals surface area contributed by atoms with Crippen LogP contribution in [0, 0.1) is 0 Å². The Morgan fingerprint density at radius 3 is 1.80 bits per heavy atom. The van der Waals surface area contributed by atoms with Gasteiger partial charge in [0.05, 0.1) is 19.2 Å². The predicted molar refractivity (Wildman–Crippen MR) is 120 cm³/mol. The summed E-state index contributed by atoms with van der Waals surface area (Å²) in [7, 11) is -1.76. The molecule has 4 amide bonds. The van der Waals surface area contributed by atoms with E-state index in [1.165, 1.54) is 4.50 Å². The van der Waals surface area contributed by atoms with E-state index in [0.29, 0.717) is 38.4 Å². The minimum Gasteiger partial charge on any atom is -0.288 e. The van der Waals surface area contributed by atoms with Gasteiger partial charge >= 0.3 is 0 Å². The topological polar surface area (TPSA) is 92.3 Å². The molecule has 2 aliphatic rings. The average molecular weight is 437 g/mol. The van der Waals surface area contributed by atoms with Crippen LogP contribution in [-0.2, 0) is 0 Å². The lowest BCUT2D eigenvalue weighted by atomic mass is 9.85. The molecule has 6 nitrogen and oxygen atoms in total. The van der Waals surface area contributed by atoms with Crippen molar-refractivity contribution < 1.29 is 19.2 Å². The molecule has 0 fully saturated rings. The zero-order chi connectivity index (χ0) is 21.4. The summed E-state index contributed by atoms with van der Waals surface area (Å²) in [4.78, 5) is 50.9. The fourth-order valence-corrected chi connectivity index (χ4v) is 11.4. The van der Waals surface area contributed by atoms with Gasteiger partial charge < -0.3 is 0 Å². The molecular formula is C22H20N2O4SSi. The number of hydrogen-bond donors (Lipinski definition) is 2. The molecule has 0 spiro atoms. The van der Waals surface area contributed by atoms with Crippen LogP contribution in [0.5, 0.6) is 0 Å². The molecule has 30 heavy (non-hydrogen) atoms. The minimum atomic E-state index is -1.76. The standard InChI is InChI=1S/C22H20N2O4SSi/c1-4-30(5-2,6-3)13-9-12-16-14-10(19(25)23-21(16)27)7-8-11-15(14)17(18(12)29-13)22(28)24-20(11)26/h7-9H,4-6H2,1-3H3,(H,23,25,27)(H,24,26,28). The molecule has 8 heteroatoms. The van der Waals surface area contributed by atoms with E-state index >= 15 is 0 Å². The van der Waals surface area contributed by atoms with E-state index in [2.05, 4.69) is 37.5 Å². The Bertz CT molecular complexity index is 1240. The highest BCUT2D eigenvalue weighted by atomic mass is 32.1. The van der Waals surface area contributed by atoms with E-state index in [1.54, 1.807) is 23.5 Å². The van der Waals surface area contributed by atoms with Crippen molar-refractivity contribution in [1.29, 1.82) is 0 Å². The zero-order valence-electron chi connectivity index (χ0n) is 16.9. The van der Waals surface area contributed by atoms with Crippen molar-refractivity contribution in [1.82, 2.24) is 10.6 Å². The van der Waals surface area contributed by atoms with Crippen LogP contribution in [0.4, 0.5) is 0 Å². The fourth-order valence-electron chi connectivity index (χ4n) is 4.96. The maximum absolute atomic E-state index is 13.0. The molecule has 0 unspecified atom stereocenters. The van der Waals surface area contributed by atoms with Crippen LogP contribution in [0.25, 0.3) is 20.9 Å². The molecule has 3 aromatic rings. The second kappa shape index (κ2) is 6.33. The van der Waals surface area contributed by atoms with Gasteiger partial charge in [-0.05, 0) is 22.7 Å². The highest BCUT2D eigenvalue weighted by molar-refractivity contribution is 7.32. The lowest BCUT2D eigenvalue weighted by Crippen LogP contribution is -2.43. The molecule has 2 N–H and O–H groups in total. The first-order valence-corrected chi connectivity index (χ1v) is 13.6. The molecular weight excluding hydrogens is 416 g/mol. The number of fused-ring (bicyclic) bond motifs is 3. The van der Waals surface area contributed by atoms with Crippen molar-refractivity contribution in [3.05, 3.63) is 40.5 Å². The molecule has 1 aromatic heterocycles. The molecule has 0 radical (unpaired) electrons. The molecule has 3 heterocycles. The number of nitrogens with one attached hydrogen (secondary N) is 2. The maximum Gasteiger partial charge on any atom is 0.260 e. The number of carbonyl (C=O) groups is 4. The first-order valence-electron chi connectivity index (χ1n) is 10.1. The second-order valence-electron chi connectivity index (χ2n) is 7.92. The van der Waals surface area contributed by atoms with E-state index < -0.39 is 31.7 Å². The third-order valence-electron chi connectivity index (χ3n) is 6.88. The van der Waals surface area contributed by atoms with Crippen LogP contribution in [0.2, 0.25) is 18.1 Å². The van der Waals surface area contributed by atoms with Gasteiger partial charge in [-0.15, -0.1) is 11.3 Å². The third kappa shape index (κ3) is 2.23. The minimum absolute atomic E-state index is 0.326. The van der Waals surface area contributed by atoms with Gasteiger partial charge in [0, 0.05) is 32.0 Å². The van der Waals surface area contributed by atoms with Gasteiger partial charge in [0.2, 0.25) is 0 Å². The summed E-state index contributed by atoms with van der Waals surface area (Å²) in [6.45, 7) is 6.63. The zero-order valence-corrected chi connectivity index (χ0v) is 18.7. The van der Waals surface area contributed by atoms with Crippen LogP contribution >= 0.6 is 11.3 Å². The highest BCUT2D eigenvalue weighted by Gasteiger charge is 2.38. The number of rotatable bonds is 4. The SMILES string of the molecule is CC[Si](CC)(CC)c1cc2c3c4c(ccc5c4c(c2s1)C(=O)NC5=O)C(=O)NC3=O. The van der Waals surface area contributed by atoms with Crippen molar-refractivity contribution in [2.24, 2.45) is 0 Å². The van der Waals surface area contributed by atoms with Gasteiger partial charge in [-0.1, -0.05) is 38.9 Å². The first-order chi connectivity index (χ1) is 14.4. The molecule has 5 rings (SSSR count). The van der Waals surface area contributed by atoms with Crippen molar-refractivity contribution in [2.45, 2.75) is 38.9 Å². The molecule has 0 atom stereocenters. The van der Waals surface area contributed by atoms with Crippen molar-refractivity contribution in [3.63, 3.8) is 0 Å². The van der Waals surface area contributed by atoms with Crippen molar-refractivity contribution >= 4 is 68.4 Å². The Morgan fingerprint density at radius 1 is 0.767 bits per heavy atom. The van der Waals surface area contributed by atoms with Gasteiger partial charge in [0.1, 0.15) is 0 Å². The summed E-state index contributed by atoms with van der Waals surface area (Å²) in [6, 6.07) is 8.41. The summed E-state index contributed by atoms with van der Waals surface area (Å²) in [5, 5.41) is 6.42. The van der Waals surface area contributed by atoms with Crippen LogP contribution < -0.4 is 15.1 Å². The normalized spacial score (nSPS) is 15.7. The highest BCUT2D eigenvalue weighted by Crippen LogP contribution is 2.42. The Kier molecular flexibility index (Phi) is 4.04. The fraction of sp³-hybridized carbons (Fsp3) is 0.273. The van der Waals surface area contributed by atoms with Gasteiger partial charge in [-0.3, -0.25) is 29.8 Å². The monoisotopic (exact) mass is 436 g/mol. The van der Waals surface area contributed by atoms with Crippen molar-refractivity contribution in [2.75, 3.05) is 0 Å². The summed E-state index contributed by atoms with van der Waals surface area (Å²) in [6.07, 6.45) is 0. The first kappa shape index (κ1) is 19.1. The van der Waals surface area contributed by atoms with Gasteiger partial charge in [-0.2, -0.15) is 0 Å². The quantitative estimate of drug-likeness (QED) is 0.483. The Labute approximate surface area is 177 Å². The summed E-state index contributed by atoms with van der Waals surface area (Å²) in [5.41, 5.74) is 1.46. The van der Waals surface area contributed by atoms with E-state index in [1.807, 2.05) is 0 Å². The lowest BCUT2D eigenvalue weighted by Gasteiger charge is -2.26. The van der Waals surface area contributed by atoms with Crippen molar-refractivity contribution in [3.8, 4) is 0 Å². The molecule has 152 valence electrons. The van der Waals surface area contributed by atoms with E-state index in [-0.39, 0.29) is 0 Å². The predicted octanol–water partition coefficient (Wildman–Crippen LogP) is 3.54. The molecule has 0 aliphatic carbocycles. The Balaban J connectivity index is 2.03. The smallest absolute Gasteiger partial charge is 0.260 e. The van der Waals surface area contributed by atoms with E-state index in [0.717, 1.165) is 22.8 Å². The molecule has 0 bridgehead atoms. The van der Waals surface area contributed by atoms with E-state index in [9.17, 15) is 19.2 Å². The molecule has 2 aliphatic heterocycles. The third-order valence-corrected chi connectivity index (χ3v) is 14.7. The molecule has 2 aromatic carbocycles. The Hall–Kier alpha value is -2.84. The lowest BCUT2D eigenvalue weighted by molar-refractivity contribution is 0.0825.